The summed E-state index contributed by atoms with van der Waals surface area (Å²) in [4.78, 5) is 25.4. The van der Waals surface area contributed by atoms with E-state index in [1.807, 2.05) is 6.92 Å². The molecule has 0 aromatic heterocycles. The second-order valence-electron chi connectivity index (χ2n) is 8.49. The summed E-state index contributed by atoms with van der Waals surface area (Å²) in [6.07, 6.45) is 12.1. The minimum Gasteiger partial charge on any atom is -0.493 e. The number of hydrogen-bond donors (Lipinski definition) is 2. The van der Waals surface area contributed by atoms with Crippen molar-refractivity contribution in [1.82, 2.24) is 4.90 Å². The molecule has 2 N–H and O–H groups in total. The number of carboxylic acid groups (broad SMARTS) is 1. The van der Waals surface area contributed by atoms with Crippen molar-refractivity contribution in [3.63, 3.8) is 0 Å². The summed E-state index contributed by atoms with van der Waals surface area (Å²) >= 11 is 0. The predicted molar refractivity (Wildman–Crippen MR) is 132 cm³/mol. The van der Waals surface area contributed by atoms with Crippen LogP contribution in [0.15, 0.2) is 12.1 Å². The summed E-state index contributed by atoms with van der Waals surface area (Å²) in [5.74, 6) is 0.225. The van der Waals surface area contributed by atoms with Crippen molar-refractivity contribution in [3.05, 3.63) is 17.7 Å². The van der Waals surface area contributed by atoms with Crippen LogP contribution in [0.3, 0.4) is 0 Å². The van der Waals surface area contributed by atoms with Gasteiger partial charge in [-0.05, 0) is 43.4 Å². The molecule has 1 saturated carbocycles. The Morgan fingerprint density at radius 2 is 1.41 bits per heavy atom. The van der Waals surface area contributed by atoms with E-state index in [4.69, 9.17) is 19.3 Å². The van der Waals surface area contributed by atoms with E-state index in [1.54, 1.807) is 12.1 Å². The van der Waals surface area contributed by atoms with Crippen LogP contribution < -0.4 is 14.2 Å². The van der Waals surface area contributed by atoms with Crippen LogP contribution in [0.1, 0.15) is 76.7 Å². The van der Waals surface area contributed by atoms with Crippen molar-refractivity contribution in [1.29, 1.82) is 0 Å². The van der Waals surface area contributed by atoms with Crippen molar-refractivity contribution in [2.75, 3.05) is 34.5 Å². The van der Waals surface area contributed by atoms with Crippen molar-refractivity contribution in [2.45, 2.75) is 83.6 Å². The van der Waals surface area contributed by atoms with Crippen LogP contribution in [0.4, 0.5) is 0 Å². The fourth-order valence-electron chi connectivity index (χ4n) is 4.06. The van der Waals surface area contributed by atoms with Gasteiger partial charge >= 0.3 is 5.97 Å². The third-order valence-corrected chi connectivity index (χ3v) is 5.91. The Hall–Kier alpha value is -2.48. The van der Waals surface area contributed by atoms with Gasteiger partial charge in [0.2, 0.25) is 11.7 Å². The maximum atomic E-state index is 12.6. The SMILES string of the molecule is C1CCCCC1.CCCO.COc1cc(CC(=O)N2CCCCC2C(=O)O)cc(OC)c1OC. The standard InChI is InChI=1S/C17H23NO6.C6H12.C3H8O/c1-22-13-8-11(9-14(23-2)16(13)24-3)10-15(19)18-7-5-4-6-12(18)17(20)21;1-2-4-6-5-3-1;1-2-3-4/h8-9,12H,4-7,10H2,1-3H3,(H,20,21);1-6H2;4H,2-3H2,1H3. The van der Waals surface area contributed by atoms with Gasteiger partial charge in [-0.15, -0.1) is 0 Å². The molecule has 0 radical (unpaired) electrons. The molecule has 1 saturated heterocycles. The van der Waals surface area contributed by atoms with E-state index in [1.165, 1.54) is 64.8 Å². The zero-order chi connectivity index (χ0) is 25.3. The number of nitrogens with zero attached hydrogens (tertiary/aromatic N) is 1. The molecule has 1 unspecified atom stereocenters. The first-order valence-electron chi connectivity index (χ1n) is 12.3. The van der Waals surface area contributed by atoms with E-state index in [0.29, 0.717) is 42.4 Å². The lowest BCUT2D eigenvalue weighted by molar-refractivity contribution is -0.151. The number of likely N-dealkylation sites (tertiary alicyclic amines) is 1. The lowest BCUT2D eigenvalue weighted by Gasteiger charge is -2.33. The van der Waals surface area contributed by atoms with Crippen LogP contribution in [-0.2, 0) is 16.0 Å². The fraction of sp³-hybridized carbons (Fsp3) is 0.692. The summed E-state index contributed by atoms with van der Waals surface area (Å²) in [5, 5.41) is 17.2. The third kappa shape index (κ3) is 9.79. The summed E-state index contributed by atoms with van der Waals surface area (Å²) in [6.45, 7) is 2.72. The van der Waals surface area contributed by atoms with Gasteiger partial charge < -0.3 is 29.3 Å². The van der Waals surface area contributed by atoms with E-state index in [-0.39, 0.29) is 12.3 Å². The number of benzene rings is 1. The van der Waals surface area contributed by atoms with Gasteiger partial charge in [-0.2, -0.15) is 0 Å². The smallest absolute Gasteiger partial charge is 0.326 e. The van der Waals surface area contributed by atoms with E-state index in [2.05, 4.69) is 0 Å². The Morgan fingerprint density at radius 1 is 0.912 bits per heavy atom. The first-order valence-corrected chi connectivity index (χ1v) is 12.3. The molecular formula is C26H43NO7. The van der Waals surface area contributed by atoms with E-state index in [0.717, 1.165) is 19.3 Å². The molecule has 34 heavy (non-hydrogen) atoms. The summed E-state index contributed by atoms with van der Waals surface area (Å²) in [6, 6.07) is 2.67. The Labute approximate surface area is 204 Å². The van der Waals surface area contributed by atoms with Crippen LogP contribution >= 0.6 is 0 Å². The second-order valence-corrected chi connectivity index (χ2v) is 8.49. The van der Waals surface area contributed by atoms with Gasteiger partial charge in [0, 0.05) is 13.2 Å². The molecule has 3 rings (SSSR count). The van der Waals surface area contributed by atoms with Crippen LogP contribution in [0, 0.1) is 0 Å². The molecule has 194 valence electrons. The molecule has 1 aliphatic carbocycles. The number of aliphatic carboxylic acids is 1. The highest BCUT2D eigenvalue weighted by Crippen LogP contribution is 2.38. The molecule has 1 amide bonds. The summed E-state index contributed by atoms with van der Waals surface area (Å²) in [7, 11) is 4.53. The van der Waals surface area contributed by atoms with Gasteiger partial charge in [0.15, 0.2) is 11.5 Å². The number of aliphatic hydroxyl groups is 1. The minimum atomic E-state index is -0.951. The monoisotopic (exact) mass is 481 g/mol. The van der Waals surface area contributed by atoms with Gasteiger partial charge in [-0.25, -0.2) is 4.79 Å². The Kier molecular flexibility index (Phi) is 14.8. The van der Waals surface area contributed by atoms with Crippen molar-refractivity contribution < 1.29 is 34.0 Å². The number of carbonyl (C=O) groups is 2. The molecule has 1 aromatic rings. The van der Waals surface area contributed by atoms with E-state index < -0.39 is 12.0 Å². The minimum absolute atomic E-state index is 0.0838. The Balaban J connectivity index is 0.000000478. The zero-order valence-corrected chi connectivity index (χ0v) is 21.3. The molecule has 2 fully saturated rings. The second kappa shape index (κ2) is 17.0. The summed E-state index contributed by atoms with van der Waals surface area (Å²) < 4.78 is 15.8. The van der Waals surface area contributed by atoms with Crippen molar-refractivity contribution in [2.24, 2.45) is 0 Å². The van der Waals surface area contributed by atoms with E-state index >= 15 is 0 Å². The molecular weight excluding hydrogens is 438 g/mol. The van der Waals surface area contributed by atoms with Crippen molar-refractivity contribution >= 4 is 11.9 Å². The number of rotatable bonds is 7. The Morgan fingerprint density at radius 3 is 1.79 bits per heavy atom. The molecule has 1 atom stereocenters. The number of carboxylic acids is 1. The topological polar surface area (TPSA) is 106 Å². The number of aliphatic hydroxyl groups excluding tert-OH is 1. The molecule has 8 heteroatoms. The quantitative estimate of drug-likeness (QED) is 0.593. The number of ether oxygens (including phenoxy) is 3. The first kappa shape index (κ1) is 29.6. The average molecular weight is 482 g/mol. The van der Waals surface area contributed by atoms with Gasteiger partial charge in [0.1, 0.15) is 6.04 Å². The van der Waals surface area contributed by atoms with Gasteiger partial charge in [-0.3, -0.25) is 4.79 Å². The fourth-order valence-corrected chi connectivity index (χ4v) is 4.06. The molecule has 2 aliphatic rings. The number of amides is 1. The lowest BCUT2D eigenvalue weighted by Crippen LogP contribution is -2.48. The lowest BCUT2D eigenvalue weighted by atomic mass is 10.0. The molecule has 0 bridgehead atoms. The molecule has 1 aromatic carbocycles. The van der Waals surface area contributed by atoms with Gasteiger partial charge in [-0.1, -0.05) is 45.4 Å². The highest BCUT2D eigenvalue weighted by atomic mass is 16.5. The first-order chi connectivity index (χ1) is 16.4. The third-order valence-electron chi connectivity index (χ3n) is 5.91. The van der Waals surface area contributed by atoms with Crippen molar-refractivity contribution in [3.8, 4) is 17.2 Å². The van der Waals surface area contributed by atoms with Gasteiger partial charge in [0.05, 0.1) is 27.8 Å². The molecule has 0 spiro atoms. The largest absolute Gasteiger partial charge is 0.493 e. The van der Waals surface area contributed by atoms with Crippen LogP contribution in [0.2, 0.25) is 0 Å². The van der Waals surface area contributed by atoms with Crippen LogP contribution in [0.25, 0.3) is 0 Å². The van der Waals surface area contributed by atoms with E-state index in [9.17, 15) is 14.7 Å². The number of piperidine rings is 1. The molecule has 1 heterocycles. The summed E-state index contributed by atoms with van der Waals surface area (Å²) in [5.41, 5.74) is 0.684. The molecule has 8 nitrogen and oxygen atoms in total. The predicted octanol–water partition coefficient (Wildman–Crippen LogP) is 4.45. The highest BCUT2D eigenvalue weighted by Gasteiger charge is 2.32. The number of carbonyl (C=O) groups excluding carboxylic acids is 1. The van der Waals surface area contributed by atoms with Crippen LogP contribution in [-0.4, -0.2) is 67.5 Å². The Bertz CT molecular complexity index is 695. The van der Waals surface area contributed by atoms with Gasteiger partial charge in [0.25, 0.3) is 0 Å². The average Bonchev–Trinajstić information content (AvgIpc) is 2.89. The zero-order valence-electron chi connectivity index (χ0n) is 21.3. The normalized spacial score (nSPS) is 17.3. The highest BCUT2D eigenvalue weighted by molar-refractivity contribution is 5.85. The molecule has 1 aliphatic heterocycles. The number of hydrogen-bond acceptors (Lipinski definition) is 6. The maximum absolute atomic E-state index is 12.6. The maximum Gasteiger partial charge on any atom is 0.326 e. The van der Waals surface area contributed by atoms with Crippen LogP contribution in [0.5, 0.6) is 17.2 Å². The number of methoxy groups -OCH3 is 3.